The summed E-state index contributed by atoms with van der Waals surface area (Å²) in [6.45, 7) is 0. The number of carbonyl (C=O) groups excluding carboxylic acids is 3. The Morgan fingerprint density at radius 1 is 0.812 bits per heavy atom. The summed E-state index contributed by atoms with van der Waals surface area (Å²) < 4.78 is 0. The summed E-state index contributed by atoms with van der Waals surface area (Å²) >= 11 is 0. The van der Waals surface area contributed by atoms with Crippen LogP contribution < -0.4 is 5.32 Å². The van der Waals surface area contributed by atoms with E-state index < -0.39 is 23.8 Å². The molecular weight excluding hydrogens is 402 g/mol. The summed E-state index contributed by atoms with van der Waals surface area (Å²) in [6.07, 6.45) is 1.86. The minimum atomic E-state index is -1.01. The molecule has 0 aliphatic carbocycles. The van der Waals surface area contributed by atoms with Crippen LogP contribution in [-0.4, -0.2) is 33.6 Å². The third-order valence-corrected chi connectivity index (χ3v) is 5.60. The average molecular weight is 421 g/mol. The molecule has 0 fully saturated rings. The van der Waals surface area contributed by atoms with E-state index in [1.165, 1.54) is 0 Å². The summed E-state index contributed by atoms with van der Waals surface area (Å²) in [5, 5.41) is 3.78. The highest BCUT2D eigenvalue weighted by atomic mass is 16.2. The van der Waals surface area contributed by atoms with Crippen molar-refractivity contribution in [1.29, 1.82) is 0 Å². The first kappa shape index (κ1) is 19.6. The van der Waals surface area contributed by atoms with Gasteiger partial charge in [-0.2, -0.15) is 0 Å². The molecule has 0 radical (unpaired) electrons. The minimum Gasteiger partial charge on any atom is -0.322 e. The molecule has 0 unspecified atom stereocenters. The molecule has 4 aromatic rings. The number of hydrogen-bond donors (Lipinski definition) is 1. The molecule has 1 aromatic heterocycles. The van der Waals surface area contributed by atoms with E-state index >= 15 is 0 Å². The molecule has 1 atom stereocenters. The Morgan fingerprint density at radius 3 is 2.19 bits per heavy atom. The summed E-state index contributed by atoms with van der Waals surface area (Å²) in [5.74, 6) is -1.36. The second kappa shape index (κ2) is 8.07. The number of anilines is 1. The highest BCUT2D eigenvalue weighted by Crippen LogP contribution is 2.27. The molecule has 0 spiro atoms. The number of nitrogens with one attached hydrogen (secondary N) is 1. The normalized spacial score (nSPS) is 13.8. The fourth-order valence-corrected chi connectivity index (χ4v) is 4.05. The number of hydrogen-bond acceptors (Lipinski definition) is 4. The number of benzene rings is 3. The maximum absolute atomic E-state index is 13.5. The average Bonchev–Trinajstić information content (AvgIpc) is 3.08. The number of fused-ring (bicyclic) bond motifs is 2. The monoisotopic (exact) mass is 421 g/mol. The zero-order valence-corrected chi connectivity index (χ0v) is 17.1. The molecule has 156 valence electrons. The van der Waals surface area contributed by atoms with Gasteiger partial charge in [0.1, 0.15) is 6.04 Å². The van der Waals surface area contributed by atoms with Crippen LogP contribution in [0.25, 0.3) is 10.9 Å². The molecule has 6 heteroatoms. The van der Waals surface area contributed by atoms with Crippen LogP contribution in [0.4, 0.5) is 5.69 Å². The summed E-state index contributed by atoms with van der Waals surface area (Å²) in [5.41, 5.74) is 2.65. The number of imide groups is 1. The van der Waals surface area contributed by atoms with Gasteiger partial charge in [-0.1, -0.05) is 60.7 Å². The molecule has 6 nitrogen and oxygen atoms in total. The van der Waals surface area contributed by atoms with Gasteiger partial charge in [-0.15, -0.1) is 0 Å². The first-order valence-corrected chi connectivity index (χ1v) is 10.3. The number of nitrogens with zero attached hydrogens (tertiary/aromatic N) is 2. The van der Waals surface area contributed by atoms with Crippen LogP contribution >= 0.6 is 0 Å². The Kier molecular flexibility index (Phi) is 4.95. The Balaban J connectivity index is 1.52. The maximum Gasteiger partial charge on any atom is 0.262 e. The Labute approximate surface area is 184 Å². The van der Waals surface area contributed by atoms with E-state index in [9.17, 15) is 14.4 Å². The lowest BCUT2D eigenvalue weighted by atomic mass is 10.0. The van der Waals surface area contributed by atoms with Crippen LogP contribution in [0.3, 0.4) is 0 Å². The van der Waals surface area contributed by atoms with Gasteiger partial charge in [-0.25, -0.2) is 0 Å². The lowest BCUT2D eigenvalue weighted by Crippen LogP contribution is -2.48. The van der Waals surface area contributed by atoms with Crippen molar-refractivity contribution in [2.45, 2.75) is 12.5 Å². The molecule has 2 heterocycles. The van der Waals surface area contributed by atoms with E-state index in [-0.39, 0.29) is 6.42 Å². The van der Waals surface area contributed by atoms with Crippen molar-refractivity contribution >= 4 is 34.3 Å². The van der Waals surface area contributed by atoms with Crippen LogP contribution in [0.2, 0.25) is 0 Å². The van der Waals surface area contributed by atoms with Gasteiger partial charge in [0.25, 0.3) is 11.8 Å². The van der Waals surface area contributed by atoms with Crippen LogP contribution in [0, 0.1) is 0 Å². The molecule has 1 N–H and O–H groups in total. The highest BCUT2D eigenvalue weighted by molar-refractivity contribution is 6.23. The Morgan fingerprint density at radius 2 is 1.47 bits per heavy atom. The van der Waals surface area contributed by atoms with Gasteiger partial charge in [0.2, 0.25) is 5.91 Å². The second-order valence-electron chi connectivity index (χ2n) is 7.60. The van der Waals surface area contributed by atoms with Gasteiger partial charge in [0.15, 0.2) is 0 Å². The van der Waals surface area contributed by atoms with E-state index in [4.69, 9.17) is 0 Å². The quantitative estimate of drug-likeness (QED) is 0.493. The van der Waals surface area contributed by atoms with Gasteiger partial charge >= 0.3 is 0 Å². The predicted octanol–water partition coefficient (Wildman–Crippen LogP) is 4.08. The van der Waals surface area contributed by atoms with Gasteiger partial charge in [-0.05, 0) is 29.8 Å². The summed E-state index contributed by atoms with van der Waals surface area (Å²) in [4.78, 5) is 45.2. The highest BCUT2D eigenvalue weighted by Gasteiger charge is 2.42. The van der Waals surface area contributed by atoms with Crippen LogP contribution in [-0.2, 0) is 11.2 Å². The third kappa shape index (κ3) is 3.41. The van der Waals surface area contributed by atoms with Crippen molar-refractivity contribution in [3.8, 4) is 0 Å². The van der Waals surface area contributed by atoms with E-state index in [1.54, 1.807) is 36.5 Å². The molecule has 0 saturated heterocycles. The minimum absolute atomic E-state index is 0.205. The molecule has 3 amide bonds. The first-order valence-electron chi connectivity index (χ1n) is 10.3. The summed E-state index contributed by atoms with van der Waals surface area (Å²) in [7, 11) is 0. The zero-order chi connectivity index (χ0) is 22.1. The molecule has 0 bridgehead atoms. The first-order chi connectivity index (χ1) is 15.6. The van der Waals surface area contributed by atoms with Crippen LogP contribution in [0.1, 0.15) is 26.3 Å². The lowest BCUT2D eigenvalue weighted by molar-refractivity contribution is -0.119. The molecule has 32 heavy (non-hydrogen) atoms. The molecular formula is C26H19N3O3. The van der Waals surface area contributed by atoms with Crippen molar-refractivity contribution in [1.82, 2.24) is 9.88 Å². The zero-order valence-electron chi connectivity index (χ0n) is 17.1. The van der Waals surface area contributed by atoms with Gasteiger partial charge in [0, 0.05) is 18.0 Å². The smallest absolute Gasteiger partial charge is 0.262 e. The van der Waals surface area contributed by atoms with Crippen molar-refractivity contribution in [2.75, 3.05) is 5.32 Å². The number of para-hydroxylation sites is 1. The Hall–Kier alpha value is -4.32. The van der Waals surface area contributed by atoms with Crippen molar-refractivity contribution < 1.29 is 14.4 Å². The molecule has 5 rings (SSSR count). The fraction of sp³-hybridized carbons (Fsp3) is 0.0769. The van der Waals surface area contributed by atoms with Crippen LogP contribution in [0.5, 0.6) is 0 Å². The SMILES string of the molecule is O=C(Nc1cccc2cccnc12)[C@@H](Cc1ccccc1)N1C(=O)c2ccccc2C1=O. The molecule has 3 aromatic carbocycles. The third-order valence-electron chi connectivity index (χ3n) is 5.60. The predicted molar refractivity (Wildman–Crippen MR) is 121 cm³/mol. The van der Waals surface area contributed by atoms with E-state index in [0.717, 1.165) is 15.8 Å². The maximum atomic E-state index is 13.5. The number of aromatic nitrogens is 1. The van der Waals surface area contributed by atoms with E-state index in [0.29, 0.717) is 22.3 Å². The number of carbonyl (C=O) groups is 3. The standard InChI is InChI=1S/C26H19N3O3/c30-24(28-21-14-6-10-18-11-7-15-27-23(18)21)22(16-17-8-2-1-3-9-17)29-25(31)19-12-4-5-13-20(19)26(29)32/h1-15,22H,16H2,(H,28,30)/t22-/m1/s1. The lowest BCUT2D eigenvalue weighted by Gasteiger charge is -2.25. The van der Waals surface area contributed by atoms with Gasteiger partial charge in [0.05, 0.1) is 22.3 Å². The molecule has 1 aliphatic heterocycles. The topological polar surface area (TPSA) is 79.4 Å². The van der Waals surface area contributed by atoms with Crippen molar-refractivity contribution in [3.05, 3.63) is 108 Å². The number of amides is 3. The molecule has 1 aliphatic rings. The van der Waals surface area contributed by atoms with E-state index in [1.807, 2.05) is 54.6 Å². The van der Waals surface area contributed by atoms with Gasteiger partial charge in [-0.3, -0.25) is 24.3 Å². The second-order valence-corrected chi connectivity index (χ2v) is 7.60. The van der Waals surface area contributed by atoms with Gasteiger partial charge < -0.3 is 5.32 Å². The largest absolute Gasteiger partial charge is 0.322 e. The molecule has 0 saturated carbocycles. The summed E-state index contributed by atoms with van der Waals surface area (Å²) in [6, 6.07) is 24.2. The fourth-order valence-electron chi connectivity index (χ4n) is 4.05. The van der Waals surface area contributed by atoms with Crippen molar-refractivity contribution in [2.24, 2.45) is 0 Å². The number of rotatable bonds is 5. The number of pyridine rings is 1. The Bertz CT molecular complexity index is 1310. The van der Waals surface area contributed by atoms with Crippen LogP contribution in [0.15, 0.2) is 91.1 Å². The van der Waals surface area contributed by atoms with E-state index in [2.05, 4.69) is 10.3 Å². The van der Waals surface area contributed by atoms with Crippen molar-refractivity contribution in [3.63, 3.8) is 0 Å².